The molecule has 0 radical (unpaired) electrons. The largest absolute Gasteiger partial charge is 0.378 e. The highest BCUT2D eigenvalue weighted by atomic mass is 35.5. The minimum Gasteiger partial charge on any atom is -0.378 e. The lowest BCUT2D eigenvalue weighted by Gasteiger charge is -2.11. The summed E-state index contributed by atoms with van der Waals surface area (Å²) in [5, 5.41) is 18.6. The SMILES string of the molecule is Nc1nc(NCCc2ncc(/C=C/CC3CCCN3)c(-c3ccc(Cl)cc3Cl)n2)ccc1[N+](=O)[O-]. The van der Waals surface area contributed by atoms with Crippen LogP contribution in [-0.4, -0.2) is 39.0 Å². The highest BCUT2D eigenvalue weighted by Crippen LogP contribution is 2.32. The topological polar surface area (TPSA) is 132 Å². The molecule has 1 atom stereocenters. The Bertz CT molecular complexity index is 1250. The number of hydrogen-bond donors (Lipinski definition) is 3. The van der Waals surface area contributed by atoms with E-state index < -0.39 is 4.92 Å². The zero-order chi connectivity index (χ0) is 24.8. The van der Waals surface area contributed by atoms with Crippen molar-refractivity contribution in [2.24, 2.45) is 0 Å². The Morgan fingerprint density at radius 1 is 1.26 bits per heavy atom. The maximum absolute atomic E-state index is 10.9. The molecule has 0 aliphatic carbocycles. The van der Waals surface area contributed by atoms with Gasteiger partial charge in [0, 0.05) is 47.4 Å². The van der Waals surface area contributed by atoms with Crippen molar-refractivity contribution in [2.75, 3.05) is 24.1 Å². The number of aromatic nitrogens is 3. The molecule has 1 aliphatic rings. The summed E-state index contributed by atoms with van der Waals surface area (Å²) in [5.41, 5.74) is 7.80. The predicted molar refractivity (Wildman–Crippen MR) is 140 cm³/mol. The van der Waals surface area contributed by atoms with E-state index in [4.69, 9.17) is 33.9 Å². The molecule has 11 heteroatoms. The van der Waals surface area contributed by atoms with Gasteiger partial charge in [0.1, 0.15) is 11.6 Å². The molecule has 0 spiro atoms. The maximum Gasteiger partial charge on any atom is 0.311 e. The third kappa shape index (κ3) is 6.45. The molecule has 1 aromatic carbocycles. The standard InChI is InChI=1S/C24H25Cl2N7O2/c25-16-6-7-18(19(26)13-16)23-15(3-1-4-17-5-2-11-28-17)14-30-22(31-23)10-12-29-21-9-8-20(33(34)35)24(27)32-21/h1,3,6-9,13-14,17,28H,2,4-5,10-12H2,(H3,27,29,32)/b3-1+. The van der Waals surface area contributed by atoms with Crippen molar-refractivity contribution in [3.8, 4) is 11.3 Å². The van der Waals surface area contributed by atoms with Gasteiger partial charge in [-0.15, -0.1) is 0 Å². The van der Waals surface area contributed by atoms with Crippen LogP contribution in [0, 0.1) is 10.1 Å². The maximum atomic E-state index is 10.9. The van der Waals surface area contributed by atoms with Crippen LogP contribution in [0.1, 0.15) is 30.7 Å². The van der Waals surface area contributed by atoms with E-state index in [2.05, 4.69) is 26.7 Å². The number of anilines is 2. The Kier molecular flexibility index (Phi) is 8.12. The van der Waals surface area contributed by atoms with Crippen LogP contribution in [0.5, 0.6) is 0 Å². The molecule has 0 saturated carbocycles. The van der Waals surface area contributed by atoms with Crippen LogP contribution < -0.4 is 16.4 Å². The van der Waals surface area contributed by atoms with Gasteiger partial charge in [0.05, 0.1) is 15.6 Å². The van der Waals surface area contributed by atoms with Gasteiger partial charge in [-0.05, 0) is 50.1 Å². The van der Waals surface area contributed by atoms with E-state index in [1.807, 2.05) is 12.1 Å². The molecule has 1 aliphatic heterocycles. The van der Waals surface area contributed by atoms with Crippen LogP contribution in [0.3, 0.4) is 0 Å². The molecule has 2 aromatic heterocycles. The molecule has 35 heavy (non-hydrogen) atoms. The van der Waals surface area contributed by atoms with E-state index in [9.17, 15) is 10.1 Å². The summed E-state index contributed by atoms with van der Waals surface area (Å²) in [6.45, 7) is 1.53. The first-order chi connectivity index (χ1) is 16.9. The third-order valence-electron chi connectivity index (χ3n) is 5.69. The van der Waals surface area contributed by atoms with E-state index in [0.717, 1.165) is 29.8 Å². The average Bonchev–Trinajstić information content (AvgIpc) is 3.33. The molecule has 182 valence electrons. The van der Waals surface area contributed by atoms with Crippen molar-refractivity contribution in [1.82, 2.24) is 20.3 Å². The molecule has 1 unspecified atom stereocenters. The van der Waals surface area contributed by atoms with Crippen LogP contribution in [-0.2, 0) is 6.42 Å². The number of nitrogens with one attached hydrogen (secondary N) is 2. The van der Waals surface area contributed by atoms with Crippen molar-refractivity contribution in [3.05, 3.63) is 74.2 Å². The number of nitrogens with two attached hydrogens (primary N) is 1. The summed E-state index contributed by atoms with van der Waals surface area (Å²) < 4.78 is 0. The molecule has 9 nitrogen and oxygen atoms in total. The molecule has 0 amide bonds. The first-order valence-electron chi connectivity index (χ1n) is 11.3. The Morgan fingerprint density at radius 3 is 2.83 bits per heavy atom. The lowest BCUT2D eigenvalue weighted by molar-refractivity contribution is -0.384. The van der Waals surface area contributed by atoms with Gasteiger partial charge in [0.15, 0.2) is 0 Å². The second-order valence-electron chi connectivity index (χ2n) is 8.18. The first kappa shape index (κ1) is 24.8. The molecule has 0 bridgehead atoms. The highest BCUT2D eigenvalue weighted by Gasteiger charge is 2.15. The van der Waals surface area contributed by atoms with Gasteiger partial charge < -0.3 is 16.4 Å². The zero-order valence-corrected chi connectivity index (χ0v) is 20.4. The monoisotopic (exact) mass is 513 g/mol. The van der Waals surface area contributed by atoms with Crippen LogP contribution in [0.2, 0.25) is 10.0 Å². The molecule has 1 saturated heterocycles. The molecule has 4 N–H and O–H groups in total. The van der Waals surface area contributed by atoms with E-state index >= 15 is 0 Å². The summed E-state index contributed by atoms with van der Waals surface area (Å²) in [6.07, 6.45) is 9.78. The Labute approximate surface area is 212 Å². The second-order valence-corrected chi connectivity index (χ2v) is 9.02. The Balaban J connectivity index is 1.51. The van der Waals surface area contributed by atoms with E-state index in [1.54, 1.807) is 18.3 Å². The summed E-state index contributed by atoms with van der Waals surface area (Å²) in [5.74, 6) is 0.914. The zero-order valence-electron chi connectivity index (χ0n) is 18.9. The van der Waals surface area contributed by atoms with Gasteiger partial charge in [-0.25, -0.2) is 15.0 Å². The molecular formula is C24H25Cl2N7O2. The minimum absolute atomic E-state index is 0.139. The van der Waals surface area contributed by atoms with Gasteiger partial charge >= 0.3 is 5.69 Å². The van der Waals surface area contributed by atoms with Gasteiger partial charge in [-0.3, -0.25) is 10.1 Å². The van der Waals surface area contributed by atoms with Crippen LogP contribution in [0.25, 0.3) is 17.3 Å². The number of pyridine rings is 1. The van der Waals surface area contributed by atoms with Gasteiger partial charge in [-0.2, -0.15) is 0 Å². The summed E-state index contributed by atoms with van der Waals surface area (Å²) in [6, 6.07) is 8.68. The smallest absolute Gasteiger partial charge is 0.311 e. The highest BCUT2D eigenvalue weighted by molar-refractivity contribution is 6.36. The minimum atomic E-state index is -0.566. The number of benzene rings is 1. The van der Waals surface area contributed by atoms with Crippen molar-refractivity contribution in [3.63, 3.8) is 0 Å². The predicted octanol–water partition coefficient (Wildman–Crippen LogP) is 5.15. The number of nitrogens with zero attached hydrogens (tertiary/aromatic N) is 4. The Morgan fingerprint density at radius 2 is 2.11 bits per heavy atom. The van der Waals surface area contributed by atoms with Gasteiger partial charge in [0.25, 0.3) is 0 Å². The fourth-order valence-electron chi connectivity index (χ4n) is 3.91. The van der Waals surface area contributed by atoms with E-state index in [0.29, 0.717) is 40.7 Å². The molecule has 4 rings (SSSR count). The summed E-state index contributed by atoms with van der Waals surface area (Å²) in [7, 11) is 0. The number of nitrogen functional groups attached to an aromatic ring is 1. The average molecular weight is 514 g/mol. The fraction of sp³-hybridized carbons (Fsp3) is 0.292. The first-order valence-corrected chi connectivity index (χ1v) is 12.0. The molecule has 3 aromatic rings. The van der Waals surface area contributed by atoms with E-state index in [1.165, 1.54) is 25.0 Å². The summed E-state index contributed by atoms with van der Waals surface area (Å²) >= 11 is 12.6. The van der Waals surface area contributed by atoms with Crippen molar-refractivity contribution < 1.29 is 4.92 Å². The van der Waals surface area contributed by atoms with Gasteiger partial charge in [-0.1, -0.05) is 35.4 Å². The number of rotatable bonds is 9. The van der Waals surface area contributed by atoms with Crippen LogP contribution >= 0.6 is 23.2 Å². The van der Waals surface area contributed by atoms with Crippen molar-refractivity contribution in [2.45, 2.75) is 31.7 Å². The number of halogens is 2. The fourth-order valence-corrected chi connectivity index (χ4v) is 4.41. The van der Waals surface area contributed by atoms with Crippen LogP contribution in [0.15, 0.2) is 42.6 Å². The molecular weight excluding hydrogens is 489 g/mol. The normalized spacial score (nSPS) is 15.5. The van der Waals surface area contributed by atoms with E-state index in [-0.39, 0.29) is 11.5 Å². The Hall–Kier alpha value is -3.27. The van der Waals surface area contributed by atoms with Gasteiger partial charge in [0.2, 0.25) is 5.82 Å². The third-order valence-corrected chi connectivity index (χ3v) is 6.24. The lowest BCUT2D eigenvalue weighted by Crippen LogP contribution is -2.19. The second kappa shape index (κ2) is 11.4. The number of hydrogen-bond acceptors (Lipinski definition) is 8. The summed E-state index contributed by atoms with van der Waals surface area (Å²) in [4.78, 5) is 23.7. The van der Waals surface area contributed by atoms with Crippen LogP contribution in [0.4, 0.5) is 17.3 Å². The van der Waals surface area contributed by atoms with Crippen molar-refractivity contribution >= 4 is 46.6 Å². The molecule has 1 fully saturated rings. The van der Waals surface area contributed by atoms with Crippen molar-refractivity contribution in [1.29, 1.82) is 0 Å². The quantitative estimate of drug-likeness (QED) is 0.264. The lowest BCUT2D eigenvalue weighted by atomic mass is 10.1. The molecule has 3 heterocycles. The number of nitro groups is 1.